The van der Waals surface area contributed by atoms with Crippen LogP contribution in [0, 0.1) is 23.7 Å². The molecule has 0 spiro atoms. The molecule has 1 unspecified atom stereocenters. The number of carbonyl (C=O) groups excluding carboxylic acids is 1. The lowest BCUT2D eigenvalue weighted by atomic mass is 9.76. The Morgan fingerprint density at radius 2 is 1.88 bits per heavy atom. The summed E-state index contributed by atoms with van der Waals surface area (Å²) in [6, 6.07) is 9.60. The second-order valence-electron chi connectivity index (χ2n) is 5.62. The number of benzene rings is 1. The van der Waals surface area contributed by atoms with Crippen LogP contribution in [-0.4, -0.2) is 36.8 Å². The van der Waals surface area contributed by atoms with Crippen molar-refractivity contribution in [3.8, 4) is 23.7 Å². The Bertz CT molecular complexity index is 756. The van der Waals surface area contributed by atoms with Crippen LogP contribution < -0.4 is 0 Å². The Morgan fingerprint density at radius 1 is 1.16 bits per heavy atom. The van der Waals surface area contributed by atoms with Crippen LogP contribution in [0.2, 0.25) is 0 Å². The molecule has 1 aromatic carbocycles. The van der Waals surface area contributed by atoms with Crippen molar-refractivity contribution >= 4 is 5.78 Å². The third kappa shape index (κ3) is 4.51. The van der Waals surface area contributed by atoms with Gasteiger partial charge in [-0.1, -0.05) is 49.3 Å². The van der Waals surface area contributed by atoms with Crippen molar-refractivity contribution in [1.29, 1.82) is 0 Å². The van der Waals surface area contributed by atoms with Gasteiger partial charge in [0, 0.05) is 11.1 Å². The van der Waals surface area contributed by atoms with E-state index in [0.29, 0.717) is 12.0 Å². The number of Topliss-reactive ketones (excluding diaryl/α,β-unsaturated/α-hetero) is 1. The molecule has 0 fully saturated rings. The largest absolute Gasteiger partial charge is 0.496 e. The van der Waals surface area contributed by atoms with Crippen LogP contribution in [0.1, 0.15) is 31.7 Å². The first-order valence-electron chi connectivity index (χ1n) is 8.30. The summed E-state index contributed by atoms with van der Waals surface area (Å²) >= 11 is 0. The number of methoxy groups -OCH3 is 1. The van der Waals surface area contributed by atoms with Crippen LogP contribution in [0.15, 0.2) is 41.7 Å². The maximum absolute atomic E-state index is 12.1. The highest BCUT2D eigenvalue weighted by Crippen LogP contribution is 2.37. The fourth-order valence-corrected chi connectivity index (χ4v) is 2.52. The van der Waals surface area contributed by atoms with Gasteiger partial charge in [-0.2, -0.15) is 0 Å². The first kappa shape index (κ1) is 18.8. The lowest BCUT2D eigenvalue weighted by molar-refractivity contribution is -0.133. The first-order chi connectivity index (χ1) is 12.1. The standard InChI is InChI=1S/C21H22O4/c1-3-4-13-18-19(22)21(23,20(18)24-2)14-9-16-25-15-8-12-17-10-6-5-7-11-17/h5-7,10-11,23H,3-4,13,15-16H2,1-2H3. The van der Waals surface area contributed by atoms with Gasteiger partial charge in [-0.05, 0) is 30.9 Å². The van der Waals surface area contributed by atoms with Gasteiger partial charge in [-0.25, -0.2) is 0 Å². The van der Waals surface area contributed by atoms with Crippen LogP contribution in [0.25, 0.3) is 0 Å². The smallest absolute Gasteiger partial charge is 0.247 e. The minimum atomic E-state index is -1.82. The van der Waals surface area contributed by atoms with Crippen molar-refractivity contribution in [3.05, 3.63) is 47.2 Å². The van der Waals surface area contributed by atoms with E-state index < -0.39 is 5.60 Å². The molecule has 4 nitrogen and oxygen atoms in total. The third-order valence-electron chi connectivity index (χ3n) is 3.81. The maximum Gasteiger partial charge on any atom is 0.247 e. The Kier molecular flexibility index (Phi) is 6.83. The molecule has 1 aliphatic carbocycles. The number of hydrogen-bond acceptors (Lipinski definition) is 4. The minimum Gasteiger partial charge on any atom is -0.496 e. The zero-order valence-electron chi connectivity index (χ0n) is 14.6. The van der Waals surface area contributed by atoms with Gasteiger partial charge in [0.15, 0.2) is 5.76 Å². The van der Waals surface area contributed by atoms with E-state index in [-0.39, 0.29) is 24.8 Å². The Morgan fingerprint density at radius 3 is 2.56 bits per heavy atom. The molecule has 0 radical (unpaired) electrons. The molecule has 0 saturated carbocycles. The molecule has 1 atom stereocenters. The van der Waals surface area contributed by atoms with Gasteiger partial charge in [-0.3, -0.25) is 4.79 Å². The molecule has 130 valence electrons. The van der Waals surface area contributed by atoms with E-state index in [2.05, 4.69) is 23.7 Å². The van der Waals surface area contributed by atoms with E-state index >= 15 is 0 Å². The second-order valence-corrected chi connectivity index (χ2v) is 5.62. The summed E-state index contributed by atoms with van der Waals surface area (Å²) in [6.45, 7) is 2.35. The van der Waals surface area contributed by atoms with Crippen molar-refractivity contribution in [2.24, 2.45) is 0 Å². The van der Waals surface area contributed by atoms with Gasteiger partial charge in [-0.15, -0.1) is 0 Å². The fraction of sp³-hybridized carbons (Fsp3) is 0.381. The van der Waals surface area contributed by atoms with Crippen molar-refractivity contribution in [3.63, 3.8) is 0 Å². The van der Waals surface area contributed by atoms with Crippen molar-refractivity contribution in [1.82, 2.24) is 0 Å². The molecule has 0 heterocycles. The summed E-state index contributed by atoms with van der Waals surface area (Å²) in [4.78, 5) is 12.1. The van der Waals surface area contributed by atoms with Crippen molar-refractivity contribution in [2.75, 3.05) is 20.3 Å². The van der Waals surface area contributed by atoms with E-state index in [9.17, 15) is 9.90 Å². The fourth-order valence-electron chi connectivity index (χ4n) is 2.52. The molecule has 0 saturated heterocycles. The Hall–Kier alpha value is -2.53. The highest BCUT2D eigenvalue weighted by molar-refractivity contribution is 6.14. The van der Waals surface area contributed by atoms with Gasteiger partial charge < -0.3 is 14.6 Å². The zero-order chi connectivity index (χ0) is 18.1. The number of aliphatic hydroxyl groups is 1. The quantitative estimate of drug-likeness (QED) is 0.639. The highest BCUT2D eigenvalue weighted by Gasteiger charge is 2.53. The molecule has 0 aliphatic heterocycles. The molecule has 4 heteroatoms. The monoisotopic (exact) mass is 338 g/mol. The molecule has 0 bridgehead atoms. The van der Waals surface area contributed by atoms with E-state index in [4.69, 9.17) is 9.47 Å². The predicted molar refractivity (Wildman–Crippen MR) is 95.4 cm³/mol. The van der Waals surface area contributed by atoms with E-state index in [0.717, 1.165) is 18.4 Å². The van der Waals surface area contributed by atoms with Gasteiger partial charge >= 0.3 is 0 Å². The zero-order valence-corrected chi connectivity index (χ0v) is 14.6. The summed E-state index contributed by atoms with van der Waals surface area (Å²) < 4.78 is 10.5. The first-order valence-corrected chi connectivity index (χ1v) is 8.30. The van der Waals surface area contributed by atoms with E-state index in [1.807, 2.05) is 37.3 Å². The second kappa shape index (κ2) is 9.08. The van der Waals surface area contributed by atoms with Crippen LogP contribution in [0.3, 0.4) is 0 Å². The molecule has 0 amide bonds. The average Bonchev–Trinajstić information content (AvgIpc) is 2.64. The van der Waals surface area contributed by atoms with Gasteiger partial charge in [0.05, 0.1) is 7.11 Å². The molecule has 1 aromatic rings. The third-order valence-corrected chi connectivity index (χ3v) is 3.81. The average molecular weight is 338 g/mol. The molecular weight excluding hydrogens is 316 g/mol. The topological polar surface area (TPSA) is 55.8 Å². The van der Waals surface area contributed by atoms with E-state index in [1.165, 1.54) is 7.11 Å². The lowest BCUT2D eigenvalue weighted by Crippen LogP contribution is -2.50. The molecule has 1 aliphatic rings. The van der Waals surface area contributed by atoms with Crippen molar-refractivity contribution < 1.29 is 19.4 Å². The Balaban J connectivity index is 1.86. The number of ketones is 1. The van der Waals surface area contributed by atoms with Crippen LogP contribution in [0.4, 0.5) is 0 Å². The van der Waals surface area contributed by atoms with Crippen LogP contribution in [0.5, 0.6) is 0 Å². The highest BCUT2D eigenvalue weighted by atomic mass is 16.5. The Labute approximate surface area is 148 Å². The normalized spacial score (nSPS) is 18.6. The number of rotatable bonds is 6. The molecule has 25 heavy (non-hydrogen) atoms. The number of unbranched alkanes of at least 4 members (excludes halogenated alkanes) is 1. The van der Waals surface area contributed by atoms with E-state index in [1.54, 1.807) is 0 Å². The van der Waals surface area contributed by atoms with Crippen molar-refractivity contribution in [2.45, 2.75) is 31.8 Å². The maximum atomic E-state index is 12.1. The number of ether oxygens (including phenoxy) is 2. The summed E-state index contributed by atoms with van der Waals surface area (Å²) in [7, 11) is 1.44. The summed E-state index contributed by atoms with van der Waals surface area (Å²) in [5.74, 6) is 11.0. The predicted octanol–water partition coefficient (Wildman–Crippen LogP) is 2.46. The molecule has 2 rings (SSSR count). The van der Waals surface area contributed by atoms with Crippen LogP contribution in [-0.2, 0) is 14.3 Å². The summed E-state index contributed by atoms with van der Waals surface area (Å²) in [6.07, 6.45) is 2.45. The summed E-state index contributed by atoms with van der Waals surface area (Å²) in [5, 5.41) is 10.4. The molecule has 1 N–H and O–H groups in total. The molecular formula is C21H22O4. The van der Waals surface area contributed by atoms with Gasteiger partial charge in [0.1, 0.15) is 13.2 Å². The van der Waals surface area contributed by atoms with Crippen LogP contribution >= 0.6 is 0 Å². The summed E-state index contributed by atoms with van der Waals surface area (Å²) in [5.41, 5.74) is -0.367. The SMILES string of the molecule is CCCCC1=C(OC)C(O)(C#CCOCC#Cc2ccccc2)C1=O. The lowest BCUT2D eigenvalue weighted by Gasteiger charge is -2.34. The molecule has 0 aromatic heterocycles. The van der Waals surface area contributed by atoms with Gasteiger partial charge in [0.25, 0.3) is 0 Å². The number of hydrogen-bond donors (Lipinski definition) is 1. The number of carbonyl (C=O) groups is 1. The van der Waals surface area contributed by atoms with Gasteiger partial charge in [0.2, 0.25) is 11.4 Å². The minimum absolute atomic E-state index is 0.0837.